The molecule has 0 heterocycles. The standard InChI is InChI=1S/C14H11BrClNO/c1-9-4-2-5-10(8-9)17-14(18)11-6-3-7-12(15)13(11)16/h2-8H,1H3,(H,17,18). The van der Waals surface area contributed by atoms with Gasteiger partial charge in [0.05, 0.1) is 10.6 Å². The minimum atomic E-state index is -0.216. The minimum Gasteiger partial charge on any atom is -0.322 e. The van der Waals surface area contributed by atoms with Gasteiger partial charge in [-0.3, -0.25) is 4.79 Å². The Morgan fingerprint density at radius 2 is 1.94 bits per heavy atom. The number of rotatable bonds is 2. The van der Waals surface area contributed by atoms with Crippen LogP contribution in [0.1, 0.15) is 15.9 Å². The van der Waals surface area contributed by atoms with Crippen molar-refractivity contribution in [2.75, 3.05) is 5.32 Å². The summed E-state index contributed by atoms with van der Waals surface area (Å²) >= 11 is 9.38. The van der Waals surface area contributed by atoms with Crippen molar-refractivity contribution < 1.29 is 4.79 Å². The predicted molar refractivity (Wildman–Crippen MR) is 78.3 cm³/mol. The fraction of sp³-hybridized carbons (Fsp3) is 0.0714. The largest absolute Gasteiger partial charge is 0.322 e. The Labute approximate surface area is 119 Å². The molecule has 1 amide bonds. The molecule has 0 bridgehead atoms. The van der Waals surface area contributed by atoms with Crippen molar-refractivity contribution in [1.29, 1.82) is 0 Å². The van der Waals surface area contributed by atoms with Crippen molar-refractivity contribution in [3.63, 3.8) is 0 Å². The first-order chi connectivity index (χ1) is 8.58. The average Bonchev–Trinajstić information content (AvgIpc) is 2.32. The summed E-state index contributed by atoms with van der Waals surface area (Å²) < 4.78 is 0.709. The van der Waals surface area contributed by atoms with E-state index in [1.54, 1.807) is 18.2 Å². The second kappa shape index (κ2) is 5.55. The van der Waals surface area contributed by atoms with E-state index in [1.807, 2.05) is 31.2 Å². The topological polar surface area (TPSA) is 29.1 Å². The van der Waals surface area contributed by atoms with Gasteiger partial charge in [-0.25, -0.2) is 0 Å². The molecule has 0 aliphatic heterocycles. The summed E-state index contributed by atoms with van der Waals surface area (Å²) in [5.74, 6) is -0.216. The van der Waals surface area contributed by atoms with Gasteiger partial charge >= 0.3 is 0 Å². The zero-order valence-electron chi connectivity index (χ0n) is 9.71. The van der Waals surface area contributed by atoms with E-state index in [9.17, 15) is 4.79 Å². The number of carbonyl (C=O) groups excluding carboxylic acids is 1. The molecule has 2 nitrogen and oxygen atoms in total. The van der Waals surface area contributed by atoms with Crippen molar-refractivity contribution >= 4 is 39.1 Å². The smallest absolute Gasteiger partial charge is 0.257 e. The van der Waals surface area contributed by atoms with Crippen LogP contribution in [0.2, 0.25) is 5.02 Å². The Hall–Kier alpha value is -1.32. The van der Waals surface area contributed by atoms with E-state index in [2.05, 4.69) is 21.2 Å². The molecule has 0 unspecified atom stereocenters. The van der Waals surface area contributed by atoms with Crippen LogP contribution in [0.4, 0.5) is 5.69 Å². The summed E-state index contributed by atoms with van der Waals surface area (Å²) in [5, 5.41) is 3.24. The second-order valence-corrected chi connectivity index (χ2v) is 5.16. The zero-order chi connectivity index (χ0) is 13.1. The van der Waals surface area contributed by atoms with Crippen LogP contribution in [0.15, 0.2) is 46.9 Å². The third-order valence-electron chi connectivity index (χ3n) is 2.47. The Balaban J connectivity index is 2.25. The molecule has 4 heteroatoms. The first-order valence-electron chi connectivity index (χ1n) is 5.40. The van der Waals surface area contributed by atoms with E-state index in [0.29, 0.717) is 15.1 Å². The van der Waals surface area contributed by atoms with Crippen molar-refractivity contribution in [3.05, 3.63) is 63.1 Å². The maximum Gasteiger partial charge on any atom is 0.257 e. The van der Waals surface area contributed by atoms with Gasteiger partial charge in [0.2, 0.25) is 0 Å². The number of anilines is 1. The average molecular weight is 325 g/mol. The molecule has 0 aliphatic carbocycles. The maximum atomic E-state index is 12.1. The molecule has 1 N–H and O–H groups in total. The fourth-order valence-electron chi connectivity index (χ4n) is 1.60. The number of carbonyl (C=O) groups is 1. The number of hydrogen-bond acceptors (Lipinski definition) is 1. The SMILES string of the molecule is Cc1cccc(NC(=O)c2cccc(Br)c2Cl)c1. The minimum absolute atomic E-state index is 0.216. The molecular formula is C14H11BrClNO. The van der Waals surface area contributed by atoms with E-state index < -0.39 is 0 Å². The lowest BCUT2D eigenvalue weighted by Crippen LogP contribution is -2.12. The van der Waals surface area contributed by atoms with Gasteiger partial charge in [0.1, 0.15) is 0 Å². The van der Waals surface area contributed by atoms with E-state index in [0.717, 1.165) is 11.3 Å². The highest BCUT2D eigenvalue weighted by molar-refractivity contribution is 9.10. The quantitative estimate of drug-likeness (QED) is 0.855. The van der Waals surface area contributed by atoms with Gasteiger partial charge in [-0.05, 0) is 52.7 Å². The molecule has 2 aromatic carbocycles. The van der Waals surface area contributed by atoms with Crippen LogP contribution >= 0.6 is 27.5 Å². The Morgan fingerprint density at radius 3 is 2.67 bits per heavy atom. The Bertz CT molecular complexity index is 598. The summed E-state index contributed by atoms with van der Waals surface area (Å²) in [6.45, 7) is 1.97. The maximum absolute atomic E-state index is 12.1. The molecule has 2 aromatic rings. The van der Waals surface area contributed by atoms with Gasteiger partial charge in [-0.1, -0.05) is 29.8 Å². The van der Waals surface area contributed by atoms with Crippen molar-refractivity contribution in [2.45, 2.75) is 6.92 Å². The summed E-state index contributed by atoms with van der Waals surface area (Å²) in [7, 11) is 0. The first kappa shape index (κ1) is 13.1. The molecule has 18 heavy (non-hydrogen) atoms. The number of nitrogens with one attached hydrogen (secondary N) is 1. The van der Waals surface area contributed by atoms with Crippen LogP contribution in [0.3, 0.4) is 0 Å². The summed E-state index contributed by atoms with van der Waals surface area (Å²) in [6.07, 6.45) is 0. The molecule has 0 saturated carbocycles. The Kier molecular flexibility index (Phi) is 4.04. The van der Waals surface area contributed by atoms with Crippen molar-refractivity contribution in [3.8, 4) is 0 Å². The fourth-order valence-corrected chi connectivity index (χ4v) is 2.18. The number of halogens is 2. The summed E-state index contributed by atoms with van der Waals surface area (Å²) in [5.41, 5.74) is 2.30. The summed E-state index contributed by atoms with van der Waals surface area (Å²) in [6, 6.07) is 12.9. The highest BCUT2D eigenvalue weighted by Gasteiger charge is 2.12. The van der Waals surface area contributed by atoms with E-state index in [1.165, 1.54) is 0 Å². The number of amides is 1. The monoisotopic (exact) mass is 323 g/mol. The molecule has 2 rings (SSSR count). The molecule has 92 valence electrons. The normalized spacial score (nSPS) is 10.2. The molecule has 0 saturated heterocycles. The summed E-state index contributed by atoms with van der Waals surface area (Å²) in [4.78, 5) is 12.1. The third kappa shape index (κ3) is 2.92. The van der Waals surface area contributed by atoms with Crippen LogP contribution in [0, 0.1) is 6.92 Å². The highest BCUT2D eigenvalue weighted by atomic mass is 79.9. The van der Waals surface area contributed by atoms with Gasteiger partial charge in [0.15, 0.2) is 0 Å². The molecule has 0 atom stereocenters. The number of hydrogen-bond donors (Lipinski definition) is 1. The van der Waals surface area contributed by atoms with E-state index >= 15 is 0 Å². The predicted octanol–water partition coefficient (Wildman–Crippen LogP) is 4.66. The molecule has 0 aliphatic rings. The molecule has 0 aromatic heterocycles. The van der Waals surface area contributed by atoms with Gasteiger partial charge in [-0.15, -0.1) is 0 Å². The highest BCUT2D eigenvalue weighted by Crippen LogP contribution is 2.26. The van der Waals surface area contributed by atoms with Crippen molar-refractivity contribution in [2.24, 2.45) is 0 Å². The van der Waals surface area contributed by atoms with Crippen LogP contribution in [0.25, 0.3) is 0 Å². The first-order valence-corrected chi connectivity index (χ1v) is 6.57. The number of benzene rings is 2. The van der Waals surface area contributed by atoms with Gasteiger partial charge in [0.25, 0.3) is 5.91 Å². The number of aryl methyl sites for hydroxylation is 1. The van der Waals surface area contributed by atoms with Gasteiger partial charge < -0.3 is 5.32 Å². The van der Waals surface area contributed by atoms with Crippen LogP contribution in [-0.2, 0) is 0 Å². The Morgan fingerprint density at radius 1 is 1.22 bits per heavy atom. The van der Waals surface area contributed by atoms with Crippen LogP contribution in [0.5, 0.6) is 0 Å². The van der Waals surface area contributed by atoms with E-state index in [-0.39, 0.29) is 5.91 Å². The molecular weight excluding hydrogens is 314 g/mol. The lowest BCUT2D eigenvalue weighted by Gasteiger charge is -2.08. The lowest BCUT2D eigenvalue weighted by molar-refractivity contribution is 0.102. The lowest BCUT2D eigenvalue weighted by atomic mass is 10.2. The van der Waals surface area contributed by atoms with Crippen LogP contribution in [-0.4, -0.2) is 5.91 Å². The van der Waals surface area contributed by atoms with Crippen molar-refractivity contribution in [1.82, 2.24) is 0 Å². The van der Waals surface area contributed by atoms with Crippen LogP contribution < -0.4 is 5.32 Å². The molecule has 0 spiro atoms. The van der Waals surface area contributed by atoms with Gasteiger partial charge in [-0.2, -0.15) is 0 Å². The molecule has 0 fully saturated rings. The second-order valence-electron chi connectivity index (χ2n) is 3.92. The van der Waals surface area contributed by atoms with E-state index in [4.69, 9.17) is 11.6 Å². The third-order valence-corrected chi connectivity index (χ3v) is 3.77. The molecule has 0 radical (unpaired) electrons. The zero-order valence-corrected chi connectivity index (χ0v) is 12.0. The van der Waals surface area contributed by atoms with Gasteiger partial charge in [0, 0.05) is 10.2 Å².